The molecule has 1 aromatic carbocycles. The largest absolute Gasteiger partial charge is 0.477 e. The number of amides is 1. The average Bonchev–Trinajstić information content (AvgIpc) is 2.43. The minimum absolute atomic E-state index is 0.0986. The summed E-state index contributed by atoms with van der Waals surface area (Å²) in [5.41, 5.74) is 0.661. The predicted octanol–water partition coefficient (Wildman–Crippen LogP) is 1.22. The monoisotopic (exact) mass is 281 g/mol. The summed E-state index contributed by atoms with van der Waals surface area (Å²) >= 11 is 0. The number of ether oxygens (including phenoxy) is 1. The van der Waals surface area contributed by atoms with Crippen LogP contribution in [0.5, 0.6) is 5.75 Å². The first-order chi connectivity index (χ1) is 9.58. The average molecular weight is 281 g/mol. The van der Waals surface area contributed by atoms with Crippen molar-refractivity contribution < 1.29 is 14.5 Å². The zero-order chi connectivity index (χ0) is 15.0. The van der Waals surface area contributed by atoms with Crippen molar-refractivity contribution >= 4 is 11.6 Å². The summed E-state index contributed by atoms with van der Waals surface area (Å²) in [6, 6.07) is 4.71. The number of nitro groups is 1. The van der Waals surface area contributed by atoms with Gasteiger partial charge in [-0.25, -0.2) is 0 Å². The number of carbonyl (C=O) groups is 1. The Morgan fingerprint density at radius 2 is 2.10 bits per heavy atom. The highest BCUT2D eigenvalue weighted by atomic mass is 16.6. The summed E-state index contributed by atoms with van der Waals surface area (Å²) in [4.78, 5) is 21.8. The highest BCUT2D eigenvalue weighted by Gasteiger charge is 2.16. The van der Waals surface area contributed by atoms with Crippen molar-refractivity contribution in [1.29, 1.82) is 0 Å². The molecule has 2 N–H and O–H groups in total. The van der Waals surface area contributed by atoms with Crippen LogP contribution in [0.1, 0.15) is 19.4 Å². The Morgan fingerprint density at radius 3 is 2.70 bits per heavy atom. The number of hydrogen-bond donors (Lipinski definition) is 2. The molecule has 0 unspecified atom stereocenters. The Hall–Kier alpha value is -2.15. The van der Waals surface area contributed by atoms with Crippen molar-refractivity contribution in [3.8, 4) is 5.75 Å². The lowest BCUT2D eigenvalue weighted by Crippen LogP contribution is -2.28. The van der Waals surface area contributed by atoms with E-state index in [1.54, 1.807) is 13.0 Å². The van der Waals surface area contributed by atoms with E-state index >= 15 is 0 Å². The molecule has 0 fully saturated rings. The van der Waals surface area contributed by atoms with Gasteiger partial charge in [-0.15, -0.1) is 0 Å². The number of benzene rings is 1. The molecule has 0 radical (unpaired) electrons. The van der Waals surface area contributed by atoms with Gasteiger partial charge < -0.3 is 15.4 Å². The van der Waals surface area contributed by atoms with Crippen LogP contribution in [0.2, 0.25) is 0 Å². The van der Waals surface area contributed by atoms with Crippen molar-refractivity contribution in [3.05, 3.63) is 33.9 Å². The maximum absolute atomic E-state index is 11.3. The van der Waals surface area contributed by atoms with E-state index in [9.17, 15) is 14.9 Å². The topological polar surface area (TPSA) is 93.5 Å². The molecule has 1 rings (SSSR count). The molecule has 0 bridgehead atoms. The van der Waals surface area contributed by atoms with Crippen molar-refractivity contribution in [2.24, 2.45) is 0 Å². The fraction of sp³-hybridized carbons (Fsp3) is 0.462. The van der Waals surface area contributed by atoms with E-state index in [0.29, 0.717) is 13.1 Å². The van der Waals surface area contributed by atoms with Crippen LogP contribution < -0.4 is 15.4 Å². The van der Waals surface area contributed by atoms with Gasteiger partial charge in [0.25, 0.3) is 5.91 Å². The molecule has 7 nitrogen and oxygen atoms in total. The van der Waals surface area contributed by atoms with Crippen LogP contribution in [0.15, 0.2) is 18.2 Å². The normalized spacial score (nSPS) is 10.1. The van der Waals surface area contributed by atoms with E-state index in [2.05, 4.69) is 10.6 Å². The van der Waals surface area contributed by atoms with Crippen LogP contribution in [0.4, 0.5) is 5.69 Å². The predicted molar refractivity (Wildman–Crippen MR) is 74.7 cm³/mol. The summed E-state index contributed by atoms with van der Waals surface area (Å²) < 4.78 is 5.20. The fourth-order valence-corrected chi connectivity index (χ4v) is 1.60. The fourth-order valence-electron chi connectivity index (χ4n) is 1.60. The summed E-state index contributed by atoms with van der Waals surface area (Å²) in [5.74, 6) is -0.208. The first-order valence-electron chi connectivity index (χ1n) is 6.46. The number of rotatable bonds is 8. The molecule has 0 atom stereocenters. The third-order valence-corrected chi connectivity index (χ3v) is 2.53. The zero-order valence-electron chi connectivity index (χ0n) is 11.6. The van der Waals surface area contributed by atoms with E-state index in [-0.39, 0.29) is 24.0 Å². The van der Waals surface area contributed by atoms with Gasteiger partial charge in [-0.3, -0.25) is 14.9 Å². The van der Waals surface area contributed by atoms with Gasteiger partial charge in [0.1, 0.15) is 0 Å². The van der Waals surface area contributed by atoms with Gasteiger partial charge in [0, 0.05) is 19.2 Å². The van der Waals surface area contributed by atoms with Crippen LogP contribution in [0.25, 0.3) is 0 Å². The maximum Gasteiger partial charge on any atom is 0.311 e. The van der Waals surface area contributed by atoms with Crippen molar-refractivity contribution in [2.75, 3.05) is 19.7 Å². The molecule has 7 heteroatoms. The molecule has 0 aliphatic carbocycles. The van der Waals surface area contributed by atoms with Crippen LogP contribution in [0.3, 0.4) is 0 Å². The van der Waals surface area contributed by atoms with E-state index in [0.717, 1.165) is 12.1 Å². The number of nitrogens with zero attached hydrogens (tertiary/aromatic N) is 1. The zero-order valence-corrected chi connectivity index (χ0v) is 11.6. The molecule has 0 saturated heterocycles. The van der Waals surface area contributed by atoms with Gasteiger partial charge in [-0.05, 0) is 25.1 Å². The number of nitrogens with one attached hydrogen (secondary N) is 2. The molecule has 0 aliphatic rings. The molecule has 0 heterocycles. The van der Waals surface area contributed by atoms with E-state index in [1.807, 2.05) is 6.92 Å². The Labute approximate surface area is 117 Å². The van der Waals surface area contributed by atoms with Crippen LogP contribution in [0, 0.1) is 10.1 Å². The molecule has 0 aliphatic heterocycles. The molecule has 0 saturated carbocycles. The van der Waals surface area contributed by atoms with Gasteiger partial charge in [0.05, 0.1) is 4.92 Å². The standard InChI is InChI=1S/C13H19N3O4/c1-3-14-8-10-5-6-12(11(7-10)16(18)19)20-9-13(17)15-4-2/h5-7,14H,3-4,8-9H2,1-2H3,(H,15,17). The highest BCUT2D eigenvalue weighted by molar-refractivity contribution is 5.77. The molecular weight excluding hydrogens is 262 g/mol. The first-order valence-corrected chi connectivity index (χ1v) is 6.46. The van der Waals surface area contributed by atoms with Crippen molar-refractivity contribution in [3.63, 3.8) is 0 Å². The van der Waals surface area contributed by atoms with Crippen LogP contribution >= 0.6 is 0 Å². The molecule has 1 amide bonds. The summed E-state index contributed by atoms with van der Waals surface area (Å²) in [6.45, 7) is 5.33. The van der Waals surface area contributed by atoms with E-state index < -0.39 is 4.92 Å². The first kappa shape index (κ1) is 15.9. The number of nitro benzene ring substituents is 1. The second kappa shape index (κ2) is 8.11. The molecule has 20 heavy (non-hydrogen) atoms. The molecular formula is C13H19N3O4. The Bertz CT molecular complexity index is 477. The Balaban J connectivity index is 2.79. The lowest BCUT2D eigenvalue weighted by atomic mass is 10.2. The van der Waals surface area contributed by atoms with E-state index in [1.165, 1.54) is 12.1 Å². The Kier molecular flexibility index (Phi) is 6.45. The van der Waals surface area contributed by atoms with Gasteiger partial charge >= 0.3 is 5.69 Å². The van der Waals surface area contributed by atoms with Gasteiger partial charge in [0.15, 0.2) is 12.4 Å². The minimum Gasteiger partial charge on any atom is -0.477 e. The molecule has 0 spiro atoms. The third-order valence-electron chi connectivity index (χ3n) is 2.53. The summed E-state index contributed by atoms with van der Waals surface area (Å²) in [7, 11) is 0. The lowest BCUT2D eigenvalue weighted by molar-refractivity contribution is -0.385. The van der Waals surface area contributed by atoms with Crippen molar-refractivity contribution in [1.82, 2.24) is 10.6 Å². The van der Waals surface area contributed by atoms with Gasteiger partial charge in [-0.1, -0.05) is 13.0 Å². The molecule has 0 aromatic heterocycles. The smallest absolute Gasteiger partial charge is 0.311 e. The number of hydrogen-bond acceptors (Lipinski definition) is 5. The van der Waals surface area contributed by atoms with Gasteiger partial charge in [-0.2, -0.15) is 0 Å². The Morgan fingerprint density at radius 1 is 1.35 bits per heavy atom. The SMILES string of the molecule is CCNCc1ccc(OCC(=O)NCC)c([N+](=O)[O-])c1. The highest BCUT2D eigenvalue weighted by Crippen LogP contribution is 2.27. The van der Waals surface area contributed by atoms with Crippen molar-refractivity contribution in [2.45, 2.75) is 20.4 Å². The maximum atomic E-state index is 11.3. The number of carbonyl (C=O) groups excluding carboxylic acids is 1. The molecule has 110 valence electrons. The summed E-state index contributed by atoms with van der Waals surface area (Å²) in [6.07, 6.45) is 0. The third kappa shape index (κ3) is 4.85. The minimum atomic E-state index is -0.511. The van der Waals surface area contributed by atoms with Crippen LogP contribution in [-0.2, 0) is 11.3 Å². The molecule has 1 aromatic rings. The second-order valence-electron chi connectivity index (χ2n) is 4.08. The van der Waals surface area contributed by atoms with E-state index in [4.69, 9.17) is 4.74 Å². The quantitative estimate of drug-likeness (QED) is 0.552. The number of likely N-dealkylation sites (N-methyl/N-ethyl adjacent to an activating group) is 1. The summed E-state index contributed by atoms with van der Waals surface area (Å²) in [5, 5.41) is 16.7. The lowest BCUT2D eigenvalue weighted by Gasteiger charge is -2.08. The second-order valence-corrected chi connectivity index (χ2v) is 4.08. The van der Waals surface area contributed by atoms with Gasteiger partial charge in [0.2, 0.25) is 0 Å². The van der Waals surface area contributed by atoms with Crippen LogP contribution in [-0.4, -0.2) is 30.5 Å².